The van der Waals surface area contributed by atoms with Crippen molar-refractivity contribution in [2.24, 2.45) is 5.92 Å². The van der Waals surface area contributed by atoms with Gasteiger partial charge in [-0.05, 0) is 19.3 Å². The van der Waals surface area contributed by atoms with Crippen LogP contribution in [-0.4, -0.2) is 53.1 Å². The summed E-state index contributed by atoms with van der Waals surface area (Å²) in [7, 11) is -4.98. The van der Waals surface area contributed by atoms with E-state index in [1.165, 1.54) is 19.3 Å². The number of rotatable bonds is 10. The third kappa shape index (κ3) is 5.95. The highest BCUT2D eigenvalue weighted by Gasteiger charge is 2.61. The van der Waals surface area contributed by atoms with E-state index in [1.54, 1.807) is 0 Å². The maximum atomic E-state index is 12.5. The van der Waals surface area contributed by atoms with E-state index < -0.39 is 46.2 Å². The molecule has 1 aliphatic carbocycles. The van der Waals surface area contributed by atoms with Crippen LogP contribution in [0.15, 0.2) is 0 Å². The van der Waals surface area contributed by atoms with Crippen LogP contribution in [0.25, 0.3) is 0 Å². The van der Waals surface area contributed by atoms with Crippen molar-refractivity contribution in [2.45, 2.75) is 102 Å². The van der Waals surface area contributed by atoms with Crippen molar-refractivity contribution in [3.8, 4) is 0 Å². The normalized spacial score (nSPS) is 34.4. The van der Waals surface area contributed by atoms with Crippen molar-refractivity contribution >= 4 is 16.2 Å². The van der Waals surface area contributed by atoms with Crippen LogP contribution in [0.1, 0.15) is 77.6 Å². The smallest absolute Gasteiger partial charge is 0.393 e. The first-order valence-electron chi connectivity index (χ1n) is 9.95. The number of ketones is 1. The third-order valence-electron chi connectivity index (χ3n) is 5.58. The van der Waals surface area contributed by atoms with Gasteiger partial charge in [0.05, 0.1) is 24.2 Å². The summed E-state index contributed by atoms with van der Waals surface area (Å²) >= 11 is 0. The lowest BCUT2D eigenvalue weighted by Gasteiger charge is -2.49. The molecule has 2 aliphatic rings. The molecule has 0 spiro atoms. The van der Waals surface area contributed by atoms with Gasteiger partial charge in [0, 0.05) is 6.42 Å². The fourth-order valence-electron chi connectivity index (χ4n) is 4.13. The van der Waals surface area contributed by atoms with Gasteiger partial charge in [0.1, 0.15) is 0 Å². The molecule has 1 aliphatic heterocycles. The summed E-state index contributed by atoms with van der Waals surface area (Å²) in [4.78, 5) is 12.5. The van der Waals surface area contributed by atoms with E-state index in [4.69, 9.17) is 9.29 Å². The Morgan fingerprint density at radius 2 is 1.74 bits per heavy atom. The van der Waals surface area contributed by atoms with E-state index in [1.807, 2.05) is 0 Å². The average Bonchev–Trinajstić information content (AvgIpc) is 2.58. The highest BCUT2D eigenvalue weighted by atomic mass is 32.3. The fourth-order valence-corrected chi connectivity index (χ4v) is 4.70. The molecule has 158 valence electrons. The summed E-state index contributed by atoms with van der Waals surface area (Å²) in [6.45, 7) is 2.16. The molecule has 0 aromatic rings. The Kier molecular flexibility index (Phi) is 8.20. The number of Topliss-reactive ketones (excluding diaryl/α,β-unsaturated/α-hetero) is 1. The number of unbranched alkanes of at least 4 members (excludes halogenated alkanes) is 6. The van der Waals surface area contributed by atoms with Gasteiger partial charge in [0.15, 0.2) is 5.78 Å². The SMILES string of the molecule is CCCCCCCCCC1OC2(OS(=O)(=O)O)C(=O)CCC(O)C2CC1O. The number of hydrogen-bond donors (Lipinski definition) is 3. The zero-order valence-corrected chi connectivity index (χ0v) is 16.7. The minimum atomic E-state index is -4.98. The number of carbonyl (C=O) groups is 1. The summed E-state index contributed by atoms with van der Waals surface area (Å²) < 4.78 is 42.2. The summed E-state index contributed by atoms with van der Waals surface area (Å²) in [6.07, 6.45) is 5.17. The molecule has 0 bridgehead atoms. The molecule has 1 saturated heterocycles. The summed E-state index contributed by atoms with van der Waals surface area (Å²) in [5.41, 5.74) is 0. The van der Waals surface area contributed by atoms with Crippen molar-refractivity contribution in [3.05, 3.63) is 0 Å². The maximum absolute atomic E-state index is 12.5. The Labute approximate surface area is 161 Å². The molecule has 0 aromatic heterocycles. The van der Waals surface area contributed by atoms with Gasteiger partial charge >= 0.3 is 10.4 Å². The first kappa shape index (κ1) is 22.7. The summed E-state index contributed by atoms with van der Waals surface area (Å²) in [5, 5.41) is 20.6. The maximum Gasteiger partial charge on any atom is 0.400 e. The highest BCUT2D eigenvalue weighted by Crippen LogP contribution is 2.45. The minimum Gasteiger partial charge on any atom is -0.393 e. The van der Waals surface area contributed by atoms with Crippen LogP contribution >= 0.6 is 0 Å². The number of carbonyl (C=O) groups excluding carboxylic acids is 1. The van der Waals surface area contributed by atoms with Crippen LogP contribution in [-0.2, 0) is 24.1 Å². The molecule has 9 heteroatoms. The lowest BCUT2D eigenvalue weighted by Crippen LogP contribution is -2.64. The van der Waals surface area contributed by atoms with Crippen LogP contribution in [0, 0.1) is 5.92 Å². The predicted molar refractivity (Wildman–Crippen MR) is 97.2 cm³/mol. The fraction of sp³-hybridized carbons (Fsp3) is 0.944. The van der Waals surface area contributed by atoms with Gasteiger partial charge in [-0.2, -0.15) is 8.42 Å². The van der Waals surface area contributed by atoms with Crippen molar-refractivity contribution in [2.75, 3.05) is 0 Å². The lowest BCUT2D eigenvalue weighted by molar-refractivity contribution is -0.295. The Morgan fingerprint density at radius 3 is 2.37 bits per heavy atom. The van der Waals surface area contributed by atoms with Crippen molar-refractivity contribution < 1.29 is 36.9 Å². The van der Waals surface area contributed by atoms with E-state index in [0.29, 0.717) is 6.42 Å². The third-order valence-corrected chi connectivity index (χ3v) is 6.04. The van der Waals surface area contributed by atoms with E-state index in [0.717, 1.165) is 25.7 Å². The molecule has 0 aromatic carbocycles. The number of ether oxygens (including phenoxy) is 1. The van der Waals surface area contributed by atoms with Gasteiger partial charge in [-0.25, -0.2) is 4.18 Å². The van der Waals surface area contributed by atoms with E-state index in [-0.39, 0.29) is 19.3 Å². The van der Waals surface area contributed by atoms with Crippen molar-refractivity contribution in [1.82, 2.24) is 0 Å². The Morgan fingerprint density at radius 1 is 1.11 bits per heavy atom. The topological polar surface area (TPSA) is 130 Å². The van der Waals surface area contributed by atoms with Crippen LogP contribution in [0.4, 0.5) is 0 Å². The van der Waals surface area contributed by atoms with Crippen molar-refractivity contribution in [1.29, 1.82) is 0 Å². The monoisotopic (exact) mass is 408 g/mol. The standard InChI is InChI=1S/C18H32O8S/c1-2-3-4-5-6-7-8-9-16-15(20)12-13-14(19)10-11-17(21)18(13,25-16)26-27(22,23)24/h13-16,19-20H,2-12H2,1H3,(H,22,23,24). The van der Waals surface area contributed by atoms with Crippen LogP contribution in [0.3, 0.4) is 0 Å². The quantitative estimate of drug-likeness (QED) is 0.370. The second kappa shape index (κ2) is 9.76. The zero-order chi connectivity index (χ0) is 20.1. The second-order valence-corrected chi connectivity index (χ2v) is 8.71. The van der Waals surface area contributed by atoms with Gasteiger partial charge in [0.25, 0.3) is 5.79 Å². The molecule has 5 atom stereocenters. The molecule has 5 unspecified atom stereocenters. The van der Waals surface area contributed by atoms with Gasteiger partial charge in [0.2, 0.25) is 0 Å². The Bertz CT molecular complexity index is 592. The van der Waals surface area contributed by atoms with Gasteiger partial charge in [-0.3, -0.25) is 9.35 Å². The van der Waals surface area contributed by atoms with Crippen LogP contribution < -0.4 is 0 Å². The molecule has 0 amide bonds. The van der Waals surface area contributed by atoms with Gasteiger partial charge in [-0.15, -0.1) is 0 Å². The molecular formula is C18H32O8S. The second-order valence-electron chi connectivity index (χ2n) is 7.68. The van der Waals surface area contributed by atoms with Gasteiger partial charge < -0.3 is 14.9 Å². The first-order valence-corrected chi connectivity index (χ1v) is 11.3. The first-order chi connectivity index (χ1) is 12.7. The molecular weight excluding hydrogens is 376 g/mol. The predicted octanol–water partition coefficient (Wildman–Crippen LogP) is 2.13. The number of hydrogen-bond acceptors (Lipinski definition) is 7. The Hall–Kier alpha value is -0.580. The minimum absolute atomic E-state index is 0.0242. The van der Waals surface area contributed by atoms with E-state index >= 15 is 0 Å². The molecule has 8 nitrogen and oxygen atoms in total. The number of aliphatic hydroxyl groups is 2. The molecule has 1 saturated carbocycles. The van der Waals surface area contributed by atoms with Crippen molar-refractivity contribution in [3.63, 3.8) is 0 Å². The molecule has 3 N–H and O–H groups in total. The summed E-state index contributed by atoms with van der Waals surface area (Å²) in [6, 6.07) is 0. The molecule has 0 radical (unpaired) electrons. The average molecular weight is 409 g/mol. The lowest BCUT2D eigenvalue weighted by atomic mass is 9.74. The number of aliphatic hydroxyl groups excluding tert-OH is 2. The van der Waals surface area contributed by atoms with Crippen LogP contribution in [0.5, 0.6) is 0 Å². The number of fused-ring (bicyclic) bond motifs is 1. The molecule has 2 fully saturated rings. The van der Waals surface area contributed by atoms with E-state index in [2.05, 4.69) is 11.1 Å². The molecule has 27 heavy (non-hydrogen) atoms. The van der Waals surface area contributed by atoms with Crippen LogP contribution in [0.2, 0.25) is 0 Å². The molecule has 2 rings (SSSR count). The van der Waals surface area contributed by atoms with Gasteiger partial charge in [-0.1, -0.05) is 51.9 Å². The summed E-state index contributed by atoms with van der Waals surface area (Å²) in [5.74, 6) is -3.93. The Balaban J connectivity index is 2.01. The zero-order valence-electron chi connectivity index (χ0n) is 15.9. The molecule has 1 heterocycles. The highest BCUT2D eigenvalue weighted by molar-refractivity contribution is 7.81. The largest absolute Gasteiger partial charge is 0.400 e. The van der Waals surface area contributed by atoms with E-state index in [9.17, 15) is 23.4 Å².